The highest BCUT2D eigenvalue weighted by Crippen LogP contribution is 2.40. The van der Waals surface area contributed by atoms with E-state index in [1.54, 1.807) is 6.07 Å². The van der Waals surface area contributed by atoms with Crippen LogP contribution in [0.3, 0.4) is 0 Å². The second-order valence-electron chi connectivity index (χ2n) is 3.21. The molecule has 102 valence electrons. The zero-order valence-electron chi connectivity index (χ0n) is 9.55. The fourth-order valence-corrected chi connectivity index (χ4v) is 2.30. The van der Waals surface area contributed by atoms with Gasteiger partial charge in [-0.2, -0.15) is 18.4 Å². The maximum absolute atomic E-state index is 12.4. The highest BCUT2D eigenvalue weighted by molar-refractivity contribution is 8.00. The van der Waals surface area contributed by atoms with E-state index in [0.29, 0.717) is 0 Å². The van der Waals surface area contributed by atoms with Crippen molar-refractivity contribution in [2.75, 3.05) is 6.61 Å². The largest absolute Gasteiger partial charge is 0.462 e. The van der Waals surface area contributed by atoms with Gasteiger partial charge in [-0.3, -0.25) is 0 Å². The third-order valence-electron chi connectivity index (χ3n) is 1.89. The van der Waals surface area contributed by atoms with E-state index < -0.39 is 33.7 Å². The molecule has 0 aromatic heterocycles. The number of carbonyl (C=O) groups excluding carboxylic acids is 1. The van der Waals surface area contributed by atoms with Crippen LogP contribution in [0.5, 0.6) is 0 Å². The van der Waals surface area contributed by atoms with E-state index in [-0.39, 0.29) is 17.2 Å². The average Bonchev–Trinajstić information content (AvgIpc) is 2.25. The topological polar surface area (TPSA) is 50.1 Å². The highest BCUT2D eigenvalue weighted by atomic mass is 35.5. The van der Waals surface area contributed by atoms with Gasteiger partial charge in [0.15, 0.2) is 0 Å². The molecule has 0 aliphatic heterocycles. The summed E-state index contributed by atoms with van der Waals surface area (Å²) in [5.41, 5.74) is -5.27. The highest BCUT2D eigenvalue weighted by Gasteiger charge is 2.33. The number of nitriles is 1. The SMILES string of the molecule is CCOC(=O)c1c(C#N)cc(Cl)cc1SC(F)(F)F. The maximum atomic E-state index is 12.4. The van der Waals surface area contributed by atoms with Crippen molar-refractivity contribution in [1.29, 1.82) is 5.26 Å². The number of alkyl halides is 3. The molecule has 0 N–H and O–H groups in total. The predicted octanol–water partition coefficient (Wildman–Crippen LogP) is 4.00. The Kier molecular flexibility index (Phi) is 5.09. The second kappa shape index (κ2) is 6.17. The number of rotatable bonds is 3. The Morgan fingerprint density at radius 2 is 2.16 bits per heavy atom. The molecule has 0 amide bonds. The van der Waals surface area contributed by atoms with Gasteiger partial charge in [-0.05, 0) is 30.8 Å². The molecular weight excluding hydrogens is 303 g/mol. The van der Waals surface area contributed by atoms with Gasteiger partial charge in [0.25, 0.3) is 0 Å². The number of halogens is 4. The van der Waals surface area contributed by atoms with Crippen LogP contribution in [-0.2, 0) is 4.74 Å². The summed E-state index contributed by atoms with van der Waals surface area (Å²) in [5.74, 6) is -0.984. The molecule has 1 aromatic rings. The fraction of sp³-hybridized carbons (Fsp3) is 0.273. The molecule has 0 bridgehead atoms. The molecule has 0 aliphatic rings. The summed E-state index contributed by atoms with van der Waals surface area (Å²) in [6.07, 6.45) is 0. The number of ether oxygens (including phenoxy) is 1. The van der Waals surface area contributed by atoms with Crippen molar-refractivity contribution in [1.82, 2.24) is 0 Å². The number of hydrogen-bond acceptors (Lipinski definition) is 4. The summed E-state index contributed by atoms with van der Waals surface area (Å²) in [4.78, 5) is 11.2. The Bertz CT molecular complexity index is 540. The van der Waals surface area contributed by atoms with Gasteiger partial charge in [0, 0.05) is 9.92 Å². The van der Waals surface area contributed by atoms with Crippen molar-refractivity contribution in [2.24, 2.45) is 0 Å². The number of nitrogens with zero attached hydrogens (tertiary/aromatic N) is 1. The molecule has 0 unspecified atom stereocenters. The lowest BCUT2D eigenvalue weighted by molar-refractivity contribution is -0.0328. The Morgan fingerprint density at radius 1 is 1.53 bits per heavy atom. The summed E-state index contributed by atoms with van der Waals surface area (Å²) in [6, 6.07) is 3.73. The first-order valence-electron chi connectivity index (χ1n) is 4.95. The van der Waals surface area contributed by atoms with Crippen LogP contribution in [0.15, 0.2) is 17.0 Å². The monoisotopic (exact) mass is 309 g/mol. The number of benzene rings is 1. The quantitative estimate of drug-likeness (QED) is 0.625. The molecule has 0 atom stereocenters. The third kappa shape index (κ3) is 4.33. The van der Waals surface area contributed by atoms with Crippen LogP contribution < -0.4 is 0 Å². The molecule has 0 radical (unpaired) electrons. The molecule has 19 heavy (non-hydrogen) atoms. The summed E-state index contributed by atoms with van der Waals surface area (Å²) in [7, 11) is 0. The lowest BCUT2D eigenvalue weighted by atomic mass is 10.1. The van der Waals surface area contributed by atoms with Crippen molar-refractivity contribution in [3.8, 4) is 6.07 Å². The molecule has 1 rings (SSSR count). The van der Waals surface area contributed by atoms with Gasteiger partial charge in [-0.1, -0.05) is 11.6 Å². The predicted molar refractivity (Wildman–Crippen MR) is 64.0 cm³/mol. The van der Waals surface area contributed by atoms with Crippen LogP contribution in [0.4, 0.5) is 13.2 Å². The van der Waals surface area contributed by atoms with Crippen LogP contribution in [0.1, 0.15) is 22.8 Å². The van der Waals surface area contributed by atoms with Gasteiger partial charge in [0.05, 0.1) is 17.7 Å². The molecule has 0 aliphatic carbocycles. The van der Waals surface area contributed by atoms with Crippen molar-refractivity contribution in [2.45, 2.75) is 17.3 Å². The standard InChI is InChI=1S/C11H7ClF3NO2S/c1-2-18-10(17)9-6(5-16)3-7(12)4-8(9)19-11(13,14)15/h3-4H,2H2,1H3. The van der Waals surface area contributed by atoms with Crippen molar-refractivity contribution < 1.29 is 22.7 Å². The second-order valence-corrected chi connectivity index (χ2v) is 4.75. The van der Waals surface area contributed by atoms with Crippen LogP contribution >= 0.6 is 23.4 Å². The molecule has 0 spiro atoms. The molecular formula is C11H7ClF3NO2S. The lowest BCUT2D eigenvalue weighted by Gasteiger charge is -2.12. The zero-order valence-corrected chi connectivity index (χ0v) is 11.1. The van der Waals surface area contributed by atoms with Gasteiger partial charge >= 0.3 is 11.5 Å². The van der Waals surface area contributed by atoms with E-state index in [2.05, 4.69) is 4.74 Å². The van der Waals surface area contributed by atoms with Gasteiger partial charge < -0.3 is 4.74 Å². The minimum absolute atomic E-state index is 0.0115. The zero-order chi connectivity index (χ0) is 14.6. The normalized spacial score (nSPS) is 10.9. The van der Waals surface area contributed by atoms with E-state index in [9.17, 15) is 18.0 Å². The first-order chi connectivity index (χ1) is 8.78. The summed E-state index contributed by atoms with van der Waals surface area (Å²) >= 11 is 5.12. The van der Waals surface area contributed by atoms with E-state index in [1.807, 2.05) is 0 Å². The van der Waals surface area contributed by atoms with Crippen molar-refractivity contribution in [3.63, 3.8) is 0 Å². The Morgan fingerprint density at radius 3 is 2.63 bits per heavy atom. The van der Waals surface area contributed by atoms with Crippen LogP contribution in [0.25, 0.3) is 0 Å². The number of thioether (sulfide) groups is 1. The molecule has 0 fully saturated rings. The number of carbonyl (C=O) groups is 1. The smallest absolute Gasteiger partial charge is 0.446 e. The number of esters is 1. The third-order valence-corrected chi connectivity index (χ3v) is 2.88. The Hall–Kier alpha value is -1.39. The van der Waals surface area contributed by atoms with E-state index in [4.69, 9.17) is 16.9 Å². The Labute approximate surface area is 116 Å². The fourth-order valence-electron chi connectivity index (χ4n) is 1.29. The van der Waals surface area contributed by atoms with Crippen LogP contribution in [-0.4, -0.2) is 18.1 Å². The van der Waals surface area contributed by atoms with E-state index in [0.717, 1.165) is 12.1 Å². The van der Waals surface area contributed by atoms with Crippen LogP contribution in [0.2, 0.25) is 5.02 Å². The van der Waals surface area contributed by atoms with E-state index in [1.165, 1.54) is 6.92 Å². The van der Waals surface area contributed by atoms with Crippen LogP contribution in [0, 0.1) is 11.3 Å². The first kappa shape index (κ1) is 15.7. The summed E-state index contributed by atoms with van der Waals surface area (Å²) < 4.78 is 41.9. The Balaban J connectivity index is 3.38. The van der Waals surface area contributed by atoms with Crippen molar-refractivity contribution >= 4 is 29.3 Å². The molecule has 3 nitrogen and oxygen atoms in total. The molecule has 0 saturated carbocycles. The number of hydrogen-bond donors (Lipinski definition) is 0. The summed E-state index contributed by atoms with van der Waals surface area (Å²) in [5, 5.41) is 8.82. The minimum Gasteiger partial charge on any atom is -0.462 e. The first-order valence-corrected chi connectivity index (χ1v) is 6.14. The molecule has 8 heteroatoms. The van der Waals surface area contributed by atoms with Gasteiger partial charge in [-0.15, -0.1) is 0 Å². The molecule has 0 saturated heterocycles. The van der Waals surface area contributed by atoms with E-state index >= 15 is 0 Å². The lowest BCUT2D eigenvalue weighted by Crippen LogP contribution is -2.11. The molecule has 1 aromatic carbocycles. The summed E-state index contributed by atoms with van der Waals surface area (Å²) in [6.45, 7) is 1.50. The minimum atomic E-state index is -4.60. The van der Waals surface area contributed by atoms with Gasteiger partial charge in [0.1, 0.15) is 6.07 Å². The average molecular weight is 310 g/mol. The maximum Gasteiger partial charge on any atom is 0.446 e. The van der Waals surface area contributed by atoms with Crippen molar-refractivity contribution in [3.05, 3.63) is 28.3 Å². The molecule has 0 heterocycles. The van der Waals surface area contributed by atoms with Gasteiger partial charge in [-0.25, -0.2) is 4.79 Å². The van der Waals surface area contributed by atoms with Gasteiger partial charge in [0.2, 0.25) is 0 Å².